The average molecular weight is 274 g/mol. The third-order valence-corrected chi connectivity index (χ3v) is 2.16. The van der Waals surface area contributed by atoms with Gasteiger partial charge in [0.1, 0.15) is 11.6 Å². The van der Waals surface area contributed by atoms with E-state index in [0.29, 0.717) is 0 Å². The van der Waals surface area contributed by atoms with Crippen LogP contribution in [0.3, 0.4) is 0 Å². The number of amides is 2. The zero-order valence-electron chi connectivity index (χ0n) is 9.69. The molecule has 0 aliphatic rings. The van der Waals surface area contributed by atoms with Crippen molar-refractivity contribution >= 4 is 17.7 Å². The molecule has 1 rings (SSSR count). The van der Waals surface area contributed by atoms with Crippen molar-refractivity contribution in [2.24, 2.45) is 0 Å². The lowest BCUT2D eigenvalue weighted by Crippen LogP contribution is -2.33. The summed E-state index contributed by atoms with van der Waals surface area (Å²) in [5, 5.41) is 21.6. The molecule has 0 aliphatic heterocycles. The lowest BCUT2D eigenvalue weighted by Gasteiger charge is -2.09. The van der Waals surface area contributed by atoms with Gasteiger partial charge in [-0.15, -0.1) is 0 Å². The maximum absolute atomic E-state index is 13.2. The molecule has 1 unspecified atom stereocenters. The van der Waals surface area contributed by atoms with E-state index in [9.17, 15) is 18.4 Å². The van der Waals surface area contributed by atoms with Gasteiger partial charge in [-0.25, -0.2) is 18.4 Å². The Kier molecular flexibility index (Phi) is 5.19. The number of aliphatic carboxylic acids is 1. The van der Waals surface area contributed by atoms with E-state index in [1.165, 1.54) is 0 Å². The van der Waals surface area contributed by atoms with Crippen molar-refractivity contribution in [1.82, 2.24) is 5.32 Å². The molecule has 2 amide bonds. The first-order valence-corrected chi connectivity index (χ1v) is 5.31. The molecule has 1 atom stereocenters. The zero-order chi connectivity index (χ0) is 14.4. The summed E-state index contributed by atoms with van der Waals surface area (Å²) >= 11 is 0. The molecule has 0 aliphatic carbocycles. The molecule has 8 heteroatoms. The summed E-state index contributed by atoms with van der Waals surface area (Å²) < 4.78 is 26.0. The quantitative estimate of drug-likeness (QED) is 0.641. The Hall–Kier alpha value is -2.22. The largest absolute Gasteiger partial charge is 0.479 e. The second-order valence-corrected chi connectivity index (χ2v) is 3.65. The number of aliphatic hydroxyl groups is 1. The summed E-state index contributed by atoms with van der Waals surface area (Å²) in [5.74, 6) is -2.92. The SMILES string of the molecule is O=C(NCCC(O)C(=O)O)Nc1cc(F)ccc1F. The number of carboxylic acids is 1. The molecule has 104 valence electrons. The Morgan fingerprint density at radius 3 is 2.63 bits per heavy atom. The normalized spacial score (nSPS) is 11.7. The van der Waals surface area contributed by atoms with E-state index in [-0.39, 0.29) is 18.7 Å². The van der Waals surface area contributed by atoms with Crippen LogP contribution in [0.15, 0.2) is 18.2 Å². The highest BCUT2D eigenvalue weighted by Crippen LogP contribution is 2.14. The van der Waals surface area contributed by atoms with Crippen molar-refractivity contribution in [3.8, 4) is 0 Å². The first-order valence-electron chi connectivity index (χ1n) is 5.31. The smallest absolute Gasteiger partial charge is 0.332 e. The molecule has 1 aromatic carbocycles. The van der Waals surface area contributed by atoms with Crippen molar-refractivity contribution in [3.63, 3.8) is 0 Å². The van der Waals surface area contributed by atoms with Crippen molar-refractivity contribution in [1.29, 1.82) is 0 Å². The van der Waals surface area contributed by atoms with Crippen LogP contribution in [0.5, 0.6) is 0 Å². The number of carboxylic acid groups (broad SMARTS) is 1. The fourth-order valence-electron chi connectivity index (χ4n) is 1.21. The van der Waals surface area contributed by atoms with Gasteiger partial charge < -0.3 is 20.8 Å². The van der Waals surface area contributed by atoms with Crippen molar-refractivity contribution in [2.45, 2.75) is 12.5 Å². The van der Waals surface area contributed by atoms with Crippen LogP contribution in [-0.2, 0) is 4.79 Å². The van der Waals surface area contributed by atoms with Crippen LogP contribution in [0.2, 0.25) is 0 Å². The number of carbonyl (C=O) groups excluding carboxylic acids is 1. The third kappa shape index (κ3) is 4.88. The average Bonchev–Trinajstić information content (AvgIpc) is 2.33. The van der Waals surface area contributed by atoms with E-state index in [1.807, 2.05) is 0 Å². The monoisotopic (exact) mass is 274 g/mol. The Morgan fingerprint density at radius 1 is 1.32 bits per heavy atom. The van der Waals surface area contributed by atoms with E-state index < -0.39 is 29.7 Å². The van der Waals surface area contributed by atoms with Gasteiger partial charge in [-0.3, -0.25) is 0 Å². The number of rotatable bonds is 5. The van der Waals surface area contributed by atoms with Crippen LogP contribution in [0, 0.1) is 11.6 Å². The van der Waals surface area contributed by atoms with Crippen molar-refractivity contribution < 1.29 is 28.6 Å². The Labute approximate surface area is 107 Å². The van der Waals surface area contributed by atoms with Crippen LogP contribution < -0.4 is 10.6 Å². The van der Waals surface area contributed by atoms with E-state index in [4.69, 9.17) is 10.2 Å². The minimum Gasteiger partial charge on any atom is -0.479 e. The highest BCUT2D eigenvalue weighted by Gasteiger charge is 2.13. The van der Waals surface area contributed by atoms with Crippen molar-refractivity contribution in [3.05, 3.63) is 29.8 Å². The number of hydrogen-bond donors (Lipinski definition) is 4. The molecular formula is C11H12F2N2O4. The second kappa shape index (κ2) is 6.64. The Morgan fingerprint density at radius 2 is 2.00 bits per heavy atom. The molecule has 0 saturated heterocycles. The van der Waals surface area contributed by atoms with Gasteiger partial charge in [0.05, 0.1) is 5.69 Å². The van der Waals surface area contributed by atoms with E-state index in [1.54, 1.807) is 0 Å². The number of nitrogens with one attached hydrogen (secondary N) is 2. The van der Waals surface area contributed by atoms with Crippen LogP contribution in [-0.4, -0.2) is 34.9 Å². The van der Waals surface area contributed by atoms with Crippen LogP contribution in [0.4, 0.5) is 19.3 Å². The lowest BCUT2D eigenvalue weighted by atomic mass is 10.2. The predicted molar refractivity (Wildman–Crippen MR) is 61.6 cm³/mol. The maximum atomic E-state index is 13.2. The summed E-state index contributed by atoms with van der Waals surface area (Å²) in [6.07, 6.45) is -1.79. The number of anilines is 1. The summed E-state index contributed by atoms with van der Waals surface area (Å²) in [6, 6.07) is 1.74. The van der Waals surface area contributed by atoms with Crippen LogP contribution in [0.1, 0.15) is 6.42 Å². The predicted octanol–water partition coefficient (Wildman–Crippen LogP) is 0.922. The van der Waals surface area contributed by atoms with E-state index in [0.717, 1.165) is 18.2 Å². The van der Waals surface area contributed by atoms with Crippen LogP contribution in [0.25, 0.3) is 0 Å². The topological polar surface area (TPSA) is 98.7 Å². The molecule has 4 N–H and O–H groups in total. The minimum absolute atomic E-state index is 0.129. The highest BCUT2D eigenvalue weighted by molar-refractivity contribution is 5.89. The molecule has 6 nitrogen and oxygen atoms in total. The molecule has 19 heavy (non-hydrogen) atoms. The van der Waals surface area contributed by atoms with Gasteiger partial charge in [-0.2, -0.15) is 0 Å². The van der Waals surface area contributed by atoms with Crippen LogP contribution >= 0.6 is 0 Å². The van der Waals surface area contributed by atoms with E-state index in [2.05, 4.69) is 10.6 Å². The van der Waals surface area contributed by atoms with Gasteiger partial charge >= 0.3 is 12.0 Å². The molecule has 0 fully saturated rings. The van der Waals surface area contributed by atoms with Gasteiger partial charge in [0.15, 0.2) is 6.10 Å². The number of benzene rings is 1. The van der Waals surface area contributed by atoms with Gasteiger partial charge in [0, 0.05) is 19.0 Å². The number of hydrogen-bond acceptors (Lipinski definition) is 3. The Bertz CT molecular complexity index is 482. The van der Waals surface area contributed by atoms with Gasteiger partial charge in [0.25, 0.3) is 0 Å². The molecular weight excluding hydrogens is 262 g/mol. The third-order valence-electron chi connectivity index (χ3n) is 2.16. The molecule has 0 bridgehead atoms. The molecule has 1 aromatic rings. The lowest BCUT2D eigenvalue weighted by molar-refractivity contribution is -0.146. The minimum atomic E-state index is -1.59. The number of aliphatic hydroxyl groups excluding tert-OH is 1. The maximum Gasteiger partial charge on any atom is 0.332 e. The summed E-state index contributed by atoms with van der Waals surface area (Å²) in [6.45, 7) is -0.129. The molecule has 0 spiro atoms. The summed E-state index contributed by atoms with van der Waals surface area (Å²) in [4.78, 5) is 21.6. The van der Waals surface area contributed by atoms with Crippen molar-refractivity contribution in [2.75, 3.05) is 11.9 Å². The number of urea groups is 1. The van der Waals surface area contributed by atoms with Gasteiger partial charge in [0.2, 0.25) is 0 Å². The van der Waals surface area contributed by atoms with Gasteiger partial charge in [-0.1, -0.05) is 0 Å². The molecule has 0 radical (unpaired) electrons. The fraction of sp³-hybridized carbons (Fsp3) is 0.273. The highest BCUT2D eigenvalue weighted by atomic mass is 19.1. The van der Waals surface area contributed by atoms with Gasteiger partial charge in [-0.05, 0) is 12.1 Å². The number of carbonyl (C=O) groups is 2. The molecule has 0 heterocycles. The van der Waals surface area contributed by atoms with E-state index >= 15 is 0 Å². The fourth-order valence-corrected chi connectivity index (χ4v) is 1.21. The summed E-state index contributed by atoms with van der Waals surface area (Å²) in [7, 11) is 0. The standard InChI is InChI=1S/C11H12F2N2O4/c12-6-1-2-7(13)8(5-6)15-11(19)14-4-3-9(16)10(17)18/h1-2,5,9,16H,3-4H2,(H,17,18)(H2,14,15,19). The first-order chi connectivity index (χ1) is 8.90. The zero-order valence-corrected chi connectivity index (χ0v) is 9.69. The Balaban J connectivity index is 2.43. The molecule has 0 aromatic heterocycles. The first kappa shape index (κ1) is 14.8. The molecule has 0 saturated carbocycles. The summed E-state index contributed by atoms with van der Waals surface area (Å²) in [5.41, 5.74) is -0.337. The number of halogens is 2. The second-order valence-electron chi connectivity index (χ2n) is 3.65.